The molecule has 0 saturated carbocycles. The maximum atomic E-state index is 13.3. The second-order valence-electron chi connectivity index (χ2n) is 13.8. The van der Waals surface area contributed by atoms with Crippen LogP contribution >= 0.6 is 0 Å². The molecule has 0 fully saturated rings. The second-order valence-corrected chi connectivity index (χ2v) is 13.8. The Morgan fingerprint density at radius 3 is 1.00 bits per heavy atom. The second kappa shape index (κ2) is 33.2. The van der Waals surface area contributed by atoms with Crippen molar-refractivity contribution in [1.82, 2.24) is 0 Å². The highest BCUT2D eigenvalue weighted by atomic mass is 16.4. The summed E-state index contributed by atoms with van der Waals surface area (Å²) in [5, 5.41) is 10.2. The molecule has 4 nitrogen and oxygen atoms in total. The Labute approximate surface area is 286 Å². The zero-order valence-electron chi connectivity index (χ0n) is 30.9. The number of carboxylic acids is 1. The molecule has 0 aliphatic heterocycles. The third kappa shape index (κ3) is 23.6. The van der Waals surface area contributed by atoms with Crippen molar-refractivity contribution in [3.63, 3.8) is 0 Å². The Morgan fingerprint density at radius 1 is 0.413 bits per heavy atom. The normalized spacial score (nSPS) is 13.1. The van der Waals surface area contributed by atoms with Crippen LogP contribution in [-0.4, -0.2) is 22.6 Å². The zero-order chi connectivity index (χ0) is 34.0. The highest BCUT2D eigenvalue weighted by Crippen LogP contribution is 2.33. The highest BCUT2D eigenvalue weighted by Gasteiger charge is 2.50. The van der Waals surface area contributed by atoms with E-state index in [2.05, 4.69) is 38.2 Å². The number of carbonyl (C=O) groups is 3. The summed E-state index contributed by atoms with van der Waals surface area (Å²) >= 11 is 0. The van der Waals surface area contributed by atoms with Crippen molar-refractivity contribution in [2.24, 2.45) is 5.41 Å². The Bertz CT molecular complexity index is 729. The number of hydrogen-bond donors (Lipinski definition) is 1. The number of carboxylic acid groups (broad SMARTS) is 1. The summed E-state index contributed by atoms with van der Waals surface area (Å²) in [6.45, 7) is 6.49. The van der Waals surface area contributed by atoms with Crippen LogP contribution in [0.4, 0.5) is 0 Å². The van der Waals surface area contributed by atoms with E-state index < -0.39 is 11.4 Å². The van der Waals surface area contributed by atoms with Crippen molar-refractivity contribution in [1.29, 1.82) is 0 Å². The molecule has 0 bridgehead atoms. The van der Waals surface area contributed by atoms with Gasteiger partial charge in [0.25, 0.3) is 0 Å². The average Bonchev–Trinajstić information content (AvgIpc) is 3.04. The van der Waals surface area contributed by atoms with E-state index in [4.69, 9.17) is 0 Å². The molecule has 46 heavy (non-hydrogen) atoms. The van der Waals surface area contributed by atoms with Crippen LogP contribution in [0.1, 0.15) is 220 Å². The molecule has 0 aliphatic carbocycles. The minimum atomic E-state index is -1.84. The third-order valence-electron chi connectivity index (χ3n) is 9.55. The number of aliphatic carboxylic acids is 1. The van der Waals surface area contributed by atoms with E-state index in [9.17, 15) is 19.5 Å². The van der Waals surface area contributed by atoms with E-state index in [1.54, 1.807) is 0 Å². The maximum absolute atomic E-state index is 13.3. The fraction of sp³-hybridized carbons (Fsp3) is 0.833. The first-order chi connectivity index (χ1) is 22.5. The van der Waals surface area contributed by atoms with Crippen LogP contribution < -0.4 is 0 Å². The summed E-state index contributed by atoms with van der Waals surface area (Å²) < 4.78 is 0. The Kier molecular flexibility index (Phi) is 32.0. The van der Waals surface area contributed by atoms with Gasteiger partial charge in [0.1, 0.15) is 0 Å². The van der Waals surface area contributed by atoms with E-state index >= 15 is 0 Å². The SMILES string of the molecule is CCCCCCCCC=CCCCCCCCC(=O)C(CCCC)(C(=O)O)C(=O)CCCCCCCC=CCCCCCCCC. The predicted molar refractivity (Wildman–Crippen MR) is 199 cm³/mol. The van der Waals surface area contributed by atoms with Crippen LogP contribution in [-0.2, 0) is 14.4 Å². The molecule has 1 N–H and O–H groups in total. The molecular formula is C42H76O4. The molecular weight excluding hydrogens is 568 g/mol. The number of rotatable bonds is 36. The standard InChI is InChI=1S/C42H76O4/c1-4-7-10-12-14-16-18-20-22-24-26-28-30-32-34-36-39(43)42(41(45)46,38-9-6-3)40(44)37-35-33-31-29-27-25-23-21-19-17-15-13-11-8-5-2/h20-23H,4-19,24-38H2,1-3H3,(H,45,46). The monoisotopic (exact) mass is 645 g/mol. The van der Waals surface area contributed by atoms with Crippen LogP contribution in [0.15, 0.2) is 24.3 Å². The van der Waals surface area contributed by atoms with Gasteiger partial charge >= 0.3 is 5.97 Å². The lowest BCUT2D eigenvalue weighted by molar-refractivity contribution is -0.160. The molecule has 0 aliphatic rings. The molecule has 0 amide bonds. The average molecular weight is 645 g/mol. The maximum Gasteiger partial charge on any atom is 0.324 e. The van der Waals surface area contributed by atoms with Crippen LogP contribution in [0.3, 0.4) is 0 Å². The van der Waals surface area contributed by atoms with Gasteiger partial charge in [-0.1, -0.05) is 161 Å². The topological polar surface area (TPSA) is 71.4 Å². The van der Waals surface area contributed by atoms with E-state index in [-0.39, 0.29) is 30.8 Å². The Balaban J connectivity index is 4.26. The minimum Gasteiger partial charge on any atom is -0.480 e. The zero-order valence-corrected chi connectivity index (χ0v) is 30.9. The Hall–Kier alpha value is -1.71. The van der Waals surface area contributed by atoms with Gasteiger partial charge in [-0.15, -0.1) is 0 Å². The fourth-order valence-electron chi connectivity index (χ4n) is 6.36. The lowest BCUT2D eigenvalue weighted by atomic mass is 9.72. The molecule has 0 radical (unpaired) electrons. The van der Waals surface area contributed by atoms with E-state index in [1.807, 2.05) is 6.92 Å². The van der Waals surface area contributed by atoms with Gasteiger partial charge < -0.3 is 5.11 Å². The van der Waals surface area contributed by atoms with Gasteiger partial charge in [0, 0.05) is 12.8 Å². The molecule has 0 aromatic heterocycles. The molecule has 0 aromatic rings. The number of carbonyl (C=O) groups excluding carboxylic acids is 2. The van der Waals surface area contributed by atoms with Crippen molar-refractivity contribution in [3.05, 3.63) is 24.3 Å². The van der Waals surface area contributed by atoms with Gasteiger partial charge in [0.15, 0.2) is 17.0 Å². The lowest BCUT2D eigenvalue weighted by Crippen LogP contribution is -2.46. The van der Waals surface area contributed by atoms with Gasteiger partial charge in [-0.05, 0) is 70.6 Å². The quantitative estimate of drug-likeness (QED) is 0.0418. The molecule has 0 aromatic carbocycles. The molecule has 0 rings (SSSR count). The number of ketones is 2. The van der Waals surface area contributed by atoms with E-state index in [0.717, 1.165) is 70.6 Å². The summed E-state index contributed by atoms with van der Waals surface area (Å²) in [6, 6.07) is 0. The first kappa shape index (κ1) is 44.3. The highest BCUT2D eigenvalue weighted by molar-refractivity contribution is 6.21. The van der Waals surface area contributed by atoms with Crippen LogP contribution in [0.25, 0.3) is 0 Å². The fourth-order valence-corrected chi connectivity index (χ4v) is 6.36. The van der Waals surface area contributed by atoms with Crippen LogP contribution in [0.2, 0.25) is 0 Å². The Morgan fingerprint density at radius 2 is 0.696 bits per heavy atom. The van der Waals surface area contributed by atoms with Gasteiger partial charge in [0.05, 0.1) is 0 Å². The molecule has 0 atom stereocenters. The van der Waals surface area contributed by atoms with Crippen molar-refractivity contribution in [2.45, 2.75) is 220 Å². The van der Waals surface area contributed by atoms with Crippen LogP contribution in [0.5, 0.6) is 0 Å². The molecule has 4 heteroatoms. The summed E-state index contributed by atoms with van der Waals surface area (Å²) in [4.78, 5) is 39.1. The third-order valence-corrected chi connectivity index (χ3v) is 9.55. The minimum absolute atomic E-state index is 0.145. The van der Waals surface area contributed by atoms with E-state index in [0.29, 0.717) is 19.3 Å². The van der Waals surface area contributed by atoms with Crippen LogP contribution in [0, 0.1) is 5.41 Å². The smallest absolute Gasteiger partial charge is 0.324 e. The number of Topliss-reactive ketones (excluding diaryl/α,β-unsaturated/α-hetero) is 2. The molecule has 0 saturated heterocycles. The largest absolute Gasteiger partial charge is 0.480 e. The van der Waals surface area contributed by atoms with Crippen molar-refractivity contribution in [3.8, 4) is 0 Å². The summed E-state index contributed by atoms with van der Waals surface area (Å²) in [7, 11) is 0. The number of allylic oxidation sites excluding steroid dienone is 4. The molecule has 268 valence electrons. The van der Waals surface area contributed by atoms with Crippen molar-refractivity contribution < 1.29 is 19.5 Å². The summed E-state index contributed by atoms with van der Waals surface area (Å²) in [6.07, 6.45) is 41.7. The van der Waals surface area contributed by atoms with Gasteiger partial charge in [-0.2, -0.15) is 0 Å². The van der Waals surface area contributed by atoms with Gasteiger partial charge in [-0.3, -0.25) is 14.4 Å². The lowest BCUT2D eigenvalue weighted by Gasteiger charge is -2.27. The number of unbranched alkanes of at least 4 members (excludes halogenated alkanes) is 23. The van der Waals surface area contributed by atoms with Crippen molar-refractivity contribution >= 4 is 17.5 Å². The first-order valence-electron chi connectivity index (χ1n) is 20.1. The predicted octanol–water partition coefficient (Wildman–Crippen LogP) is 13.5. The molecule has 0 unspecified atom stereocenters. The molecule has 0 spiro atoms. The van der Waals surface area contributed by atoms with Gasteiger partial charge in [-0.25, -0.2) is 0 Å². The van der Waals surface area contributed by atoms with E-state index in [1.165, 1.54) is 89.9 Å². The summed E-state index contributed by atoms with van der Waals surface area (Å²) in [5.74, 6) is -1.94. The number of hydrogen-bond acceptors (Lipinski definition) is 3. The van der Waals surface area contributed by atoms with Gasteiger partial charge in [0.2, 0.25) is 0 Å². The van der Waals surface area contributed by atoms with Crippen molar-refractivity contribution in [2.75, 3.05) is 0 Å². The summed E-state index contributed by atoms with van der Waals surface area (Å²) in [5.41, 5.74) is -1.84. The molecule has 0 heterocycles. The first-order valence-corrected chi connectivity index (χ1v) is 20.1.